The van der Waals surface area contributed by atoms with E-state index in [-0.39, 0.29) is 0 Å². The Balaban J connectivity index is 2.32. The molecular weight excluding hydrogens is 276 g/mol. The van der Waals surface area contributed by atoms with Gasteiger partial charge in [-0.2, -0.15) is 0 Å². The van der Waals surface area contributed by atoms with Gasteiger partial charge in [-0.15, -0.1) is 10.2 Å². The number of aryl methyl sites for hydroxylation is 3. The lowest BCUT2D eigenvalue weighted by atomic mass is 10.2. The molecule has 6 nitrogen and oxygen atoms in total. The first-order valence-corrected chi connectivity index (χ1v) is 7.73. The van der Waals surface area contributed by atoms with Gasteiger partial charge in [-0.1, -0.05) is 12.1 Å². The van der Waals surface area contributed by atoms with E-state index in [1.165, 1.54) is 6.33 Å². The molecule has 0 amide bonds. The summed E-state index contributed by atoms with van der Waals surface area (Å²) < 4.78 is 29.2. The highest BCUT2D eigenvalue weighted by Gasteiger charge is 2.22. The summed E-state index contributed by atoms with van der Waals surface area (Å²) in [7, 11) is -1.81. The maximum atomic E-state index is 12.5. The minimum absolute atomic E-state index is 0.298. The second-order valence-corrected chi connectivity index (χ2v) is 6.59. The minimum Gasteiger partial charge on any atom is -0.319 e. The van der Waals surface area contributed by atoms with Crippen LogP contribution < -0.4 is 4.72 Å². The minimum atomic E-state index is -3.59. The Morgan fingerprint density at radius 2 is 2.00 bits per heavy atom. The summed E-state index contributed by atoms with van der Waals surface area (Å²) >= 11 is 0. The first kappa shape index (κ1) is 14.7. The Morgan fingerprint density at radius 1 is 1.30 bits per heavy atom. The summed E-state index contributed by atoms with van der Waals surface area (Å²) in [5.41, 5.74) is 1.62. The van der Waals surface area contributed by atoms with Crippen molar-refractivity contribution in [2.24, 2.45) is 7.05 Å². The SMILES string of the molecule is Cc1ccc(C)c(S(=O)(=O)N[C@@H](C)c2nncn2C)c1. The molecule has 0 aliphatic heterocycles. The molecule has 108 valence electrons. The van der Waals surface area contributed by atoms with Crippen molar-refractivity contribution in [3.8, 4) is 0 Å². The van der Waals surface area contributed by atoms with Crippen LogP contribution in [0, 0.1) is 13.8 Å². The number of sulfonamides is 1. The Kier molecular flexibility index (Phi) is 3.92. The zero-order valence-electron chi connectivity index (χ0n) is 12.0. The van der Waals surface area contributed by atoms with Crippen molar-refractivity contribution in [2.75, 3.05) is 0 Å². The molecule has 7 heteroatoms. The number of rotatable bonds is 4. The van der Waals surface area contributed by atoms with Crippen LogP contribution in [0.5, 0.6) is 0 Å². The van der Waals surface area contributed by atoms with Crippen LogP contribution >= 0.6 is 0 Å². The van der Waals surface area contributed by atoms with Gasteiger partial charge in [0.2, 0.25) is 10.0 Å². The Morgan fingerprint density at radius 3 is 2.60 bits per heavy atom. The molecule has 0 unspecified atom stereocenters. The third-order valence-electron chi connectivity index (χ3n) is 3.10. The lowest BCUT2D eigenvalue weighted by Gasteiger charge is -2.15. The predicted molar refractivity (Wildman–Crippen MR) is 75.7 cm³/mol. The van der Waals surface area contributed by atoms with Gasteiger partial charge in [0, 0.05) is 7.05 Å². The van der Waals surface area contributed by atoms with E-state index in [0.29, 0.717) is 16.3 Å². The molecule has 0 radical (unpaired) electrons. The quantitative estimate of drug-likeness (QED) is 0.926. The Hall–Kier alpha value is -1.73. The topological polar surface area (TPSA) is 76.9 Å². The van der Waals surface area contributed by atoms with Crippen LogP contribution in [0.15, 0.2) is 29.4 Å². The van der Waals surface area contributed by atoms with E-state index in [2.05, 4.69) is 14.9 Å². The molecule has 1 aromatic heterocycles. The van der Waals surface area contributed by atoms with Gasteiger partial charge in [-0.3, -0.25) is 0 Å². The second-order valence-electron chi connectivity index (χ2n) is 4.91. The maximum absolute atomic E-state index is 12.5. The molecule has 1 atom stereocenters. The average Bonchev–Trinajstić information content (AvgIpc) is 2.78. The van der Waals surface area contributed by atoms with Crippen LogP contribution in [-0.2, 0) is 17.1 Å². The van der Waals surface area contributed by atoms with Crippen LogP contribution in [0.25, 0.3) is 0 Å². The van der Waals surface area contributed by atoms with Crippen molar-refractivity contribution in [3.05, 3.63) is 41.5 Å². The number of benzene rings is 1. The third kappa shape index (κ3) is 2.88. The van der Waals surface area contributed by atoms with E-state index in [0.717, 1.165) is 5.56 Å². The molecule has 0 aliphatic rings. The van der Waals surface area contributed by atoms with Crippen molar-refractivity contribution in [3.63, 3.8) is 0 Å². The lowest BCUT2D eigenvalue weighted by molar-refractivity contribution is 0.552. The van der Waals surface area contributed by atoms with E-state index >= 15 is 0 Å². The molecule has 20 heavy (non-hydrogen) atoms. The van der Waals surface area contributed by atoms with Crippen molar-refractivity contribution >= 4 is 10.0 Å². The molecule has 2 aromatic rings. The van der Waals surface area contributed by atoms with Crippen LogP contribution in [0.3, 0.4) is 0 Å². The molecule has 1 N–H and O–H groups in total. The summed E-state index contributed by atoms with van der Waals surface area (Å²) in [6.07, 6.45) is 1.54. The van der Waals surface area contributed by atoms with Gasteiger partial charge in [-0.05, 0) is 38.0 Å². The highest BCUT2D eigenvalue weighted by Crippen LogP contribution is 2.19. The van der Waals surface area contributed by atoms with Crippen molar-refractivity contribution < 1.29 is 8.42 Å². The number of nitrogens with zero attached hydrogens (tertiary/aromatic N) is 3. The smallest absolute Gasteiger partial charge is 0.241 e. The zero-order valence-corrected chi connectivity index (χ0v) is 12.8. The average molecular weight is 294 g/mol. The van der Waals surface area contributed by atoms with Crippen molar-refractivity contribution in [1.82, 2.24) is 19.5 Å². The summed E-state index contributed by atoms with van der Waals surface area (Å²) in [6, 6.07) is 4.91. The fraction of sp³-hybridized carbons (Fsp3) is 0.385. The van der Waals surface area contributed by atoms with Crippen LogP contribution in [-0.4, -0.2) is 23.2 Å². The highest BCUT2D eigenvalue weighted by molar-refractivity contribution is 7.89. The van der Waals surface area contributed by atoms with E-state index < -0.39 is 16.1 Å². The monoisotopic (exact) mass is 294 g/mol. The lowest BCUT2D eigenvalue weighted by Crippen LogP contribution is -2.29. The standard InChI is InChI=1S/C13H18N4O2S/c1-9-5-6-10(2)12(7-9)20(18,19)16-11(3)13-15-14-8-17(13)4/h5-8,11,16H,1-4H3/t11-/m0/s1. The van der Waals surface area contributed by atoms with E-state index in [9.17, 15) is 8.42 Å². The number of aromatic nitrogens is 3. The molecule has 0 spiro atoms. The van der Waals surface area contributed by atoms with Crippen molar-refractivity contribution in [2.45, 2.75) is 31.7 Å². The first-order valence-electron chi connectivity index (χ1n) is 6.25. The van der Waals surface area contributed by atoms with Gasteiger partial charge in [0.15, 0.2) is 0 Å². The molecule has 0 saturated carbocycles. The van der Waals surface area contributed by atoms with Crippen molar-refractivity contribution in [1.29, 1.82) is 0 Å². The Labute approximate surface area is 118 Å². The van der Waals surface area contributed by atoms with Gasteiger partial charge >= 0.3 is 0 Å². The number of hydrogen-bond acceptors (Lipinski definition) is 4. The summed E-state index contributed by atoms with van der Waals surface area (Å²) in [5, 5.41) is 7.67. The molecule has 0 fully saturated rings. The van der Waals surface area contributed by atoms with E-state index in [1.807, 2.05) is 13.0 Å². The molecule has 2 rings (SSSR count). The number of nitrogens with one attached hydrogen (secondary N) is 1. The highest BCUT2D eigenvalue weighted by atomic mass is 32.2. The molecule has 0 aliphatic carbocycles. The fourth-order valence-corrected chi connectivity index (χ4v) is 3.56. The van der Waals surface area contributed by atoms with Crippen LogP contribution in [0.2, 0.25) is 0 Å². The molecule has 0 saturated heterocycles. The van der Waals surface area contributed by atoms with Gasteiger partial charge in [-0.25, -0.2) is 13.1 Å². The third-order valence-corrected chi connectivity index (χ3v) is 4.78. The molecule has 0 bridgehead atoms. The molecule has 1 aromatic carbocycles. The maximum Gasteiger partial charge on any atom is 0.241 e. The van der Waals surface area contributed by atoms with E-state index in [4.69, 9.17) is 0 Å². The van der Waals surface area contributed by atoms with Crippen LogP contribution in [0.1, 0.15) is 29.9 Å². The predicted octanol–water partition coefficient (Wildman–Crippen LogP) is 1.47. The second kappa shape index (κ2) is 5.34. The van der Waals surface area contributed by atoms with Gasteiger partial charge in [0.25, 0.3) is 0 Å². The molecular formula is C13H18N4O2S. The summed E-state index contributed by atoms with van der Waals surface area (Å²) in [4.78, 5) is 0.298. The largest absolute Gasteiger partial charge is 0.319 e. The number of hydrogen-bond donors (Lipinski definition) is 1. The van der Waals surface area contributed by atoms with Crippen LogP contribution in [0.4, 0.5) is 0 Å². The summed E-state index contributed by atoms with van der Waals surface area (Å²) in [5.74, 6) is 0.568. The van der Waals surface area contributed by atoms with Gasteiger partial charge in [0.05, 0.1) is 10.9 Å². The van der Waals surface area contributed by atoms with E-state index in [1.54, 1.807) is 37.6 Å². The summed E-state index contributed by atoms with van der Waals surface area (Å²) in [6.45, 7) is 5.39. The fourth-order valence-electron chi connectivity index (χ4n) is 2.03. The normalized spacial score (nSPS) is 13.4. The Bertz CT molecular complexity index is 722. The molecule has 1 heterocycles. The van der Waals surface area contributed by atoms with Gasteiger partial charge in [0.1, 0.15) is 12.2 Å². The van der Waals surface area contributed by atoms with Gasteiger partial charge < -0.3 is 4.57 Å². The zero-order chi connectivity index (χ0) is 14.9. The first-order chi connectivity index (χ1) is 9.31.